The van der Waals surface area contributed by atoms with E-state index < -0.39 is 0 Å². The summed E-state index contributed by atoms with van der Waals surface area (Å²) in [6, 6.07) is 0.449. The van der Waals surface area contributed by atoms with Crippen LogP contribution in [0.5, 0.6) is 0 Å². The summed E-state index contributed by atoms with van der Waals surface area (Å²) in [4.78, 5) is 0. The van der Waals surface area contributed by atoms with E-state index in [-0.39, 0.29) is 0 Å². The molecule has 1 heterocycles. The van der Waals surface area contributed by atoms with E-state index in [0.717, 1.165) is 16.6 Å². The van der Waals surface area contributed by atoms with E-state index in [1.54, 1.807) is 11.3 Å². The lowest BCUT2D eigenvalue weighted by Crippen LogP contribution is -2.21. The Morgan fingerprint density at radius 1 is 1.13 bits per heavy atom. The van der Waals surface area contributed by atoms with Gasteiger partial charge in [0.05, 0.1) is 0 Å². The molecule has 1 atom stereocenters. The van der Waals surface area contributed by atoms with Crippen LogP contribution >= 0.6 is 11.3 Å². The number of hydrogen-bond donors (Lipinski definition) is 1. The first-order valence-electron chi connectivity index (χ1n) is 5.58. The topological polar surface area (TPSA) is 37.8 Å². The number of hydrogen-bond acceptors (Lipinski definition) is 4. The first kappa shape index (κ1) is 12.4. The lowest BCUT2D eigenvalue weighted by Gasteiger charge is -2.15. The fraction of sp³-hybridized carbons (Fsp3) is 0.818. The van der Waals surface area contributed by atoms with Crippen LogP contribution in [0.1, 0.15) is 39.6 Å². The summed E-state index contributed by atoms with van der Waals surface area (Å²) in [6.07, 6.45) is 1.02. The van der Waals surface area contributed by atoms with Crippen molar-refractivity contribution in [3.05, 3.63) is 5.01 Å². The highest BCUT2D eigenvalue weighted by molar-refractivity contribution is 7.15. The number of anilines is 1. The van der Waals surface area contributed by atoms with E-state index in [1.165, 1.54) is 0 Å². The smallest absolute Gasteiger partial charge is 0.205 e. The Balaban J connectivity index is 2.53. The van der Waals surface area contributed by atoms with Crippen molar-refractivity contribution in [3.63, 3.8) is 0 Å². The summed E-state index contributed by atoms with van der Waals surface area (Å²) in [5.41, 5.74) is 0. The van der Waals surface area contributed by atoms with Crippen molar-refractivity contribution in [2.75, 3.05) is 5.32 Å². The van der Waals surface area contributed by atoms with Gasteiger partial charge < -0.3 is 5.32 Å². The molecule has 0 aliphatic carbocycles. The van der Waals surface area contributed by atoms with Crippen molar-refractivity contribution in [3.8, 4) is 0 Å². The van der Waals surface area contributed by atoms with Crippen LogP contribution in [0.4, 0.5) is 5.13 Å². The predicted octanol–water partition coefficient (Wildman–Crippen LogP) is 3.19. The van der Waals surface area contributed by atoms with E-state index >= 15 is 0 Å². The minimum Gasteiger partial charge on any atom is -0.357 e. The second-order valence-electron chi connectivity index (χ2n) is 4.78. The lowest BCUT2D eigenvalue weighted by atomic mass is 10.1. The summed E-state index contributed by atoms with van der Waals surface area (Å²) in [5.74, 6) is 1.26. The van der Waals surface area contributed by atoms with Gasteiger partial charge >= 0.3 is 0 Å². The van der Waals surface area contributed by atoms with E-state index in [9.17, 15) is 0 Å². The average molecular weight is 227 g/mol. The second-order valence-corrected chi connectivity index (χ2v) is 5.84. The van der Waals surface area contributed by atoms with Crippen LogP contribution in [0.2, 0.25) is 0 Å². The molecule has 0 radical (unpaired) electrons. The van der Waals surface area contributed by atoms with Crippen LogP contribution in [-0.2, 0) is 6.42 Å². The monoisotopic (exact) mass is 227 g/mol. The van der Waals surface area contributed by atoms with Crippen molar-refractivity contribution in [2.24, 2.45) is 11.8 Å². The highest BCUT2D eigenvalue weighted by Crippen LogP contribution is 2.20. The molecule has 1 N–H and O–H groups in total. The summed E-state index contributed by atoms with van der Waals surface area (Å²) in [5, 5.41) is 13.8. The fourth-order valence-corrected chi connectivity index (χ4v) is 2.15. The van der Waals surface area contributed by atoms with E-state index in [4.69, 9.17) is 0 Å². The van der Waals surface area contributed by atoms with Crippen LogP contribution < -0.4 is 5.32 Å². The van der Waals surface area contributed by atoms with Gasteiger partial charge in [0.25, 0.3) is 0 Å². The highest BCUT2D eigenvalue weighted by Gasteiger charge is 2.10. The molecular formula is C11H21N3S. The van der Waals surface area contributed by atoms with Crippen molar-refractivity contribution in [2.45, 2.75) is 47.1 Å². The first-order valence-corrected chi connectivity index (χ1v) is 6.39. The van der Waals surface area contributed by atoms with Gasteiger partial charge in [-0.05, 0) is 18.8 Å². The Bertz CT molecular complexity index is 294. The molecule has 15 heavy (non-hydrogen) atoms. The first-order chi connectivity index (χ1) is 6.99. The maximum absolute atomic E-state index is 4.17. The minimum absolute atomic E-state index is 0.449. The largest absolute Gasteiger partial charge is 0.357 e. The van der Waals surface area contributed by atoms with Gasteiger partial charge in [0.1, 0.15) is 5.01 Å². The molecule has 3 nitrogen and oxygen atoms in total. The number of aromatic nitrogens is 2. The van der Waals surface area contributed by atoms with Crippen molar-refractivity contribution < 1.29 is 0 Å². The van der Waals surface area contributed by atoms with E-state index in [1.807, 2.05) is 0 Å². The lowest BCUT2D eigenvalue weighted by molar-refractivity contribution is 0.559. The van der Waals surface area contributed by atoms with Gasteiger partial charge in [0, 0.05) is 12.5 Å². The minimum atomic E-state index is 0.449. The van der Waals surface area contributed by atoms with Gasteiger partial charge in [-0.2, -0.15) is 0 Å². The number of nitrogens with zero attached hydrogens (tertiary/aromatic N) is 2. The van der Waals surface area contributed by atoms with Gasteiger partial charge in [-0.1, -0.05) is 39.0 Å². The summed E-state index contributed by atoms with van der Waals surface area (Å²) in [6.45, 7) is 11.0. The highest BCUT2D eigenvalue weighted by atomic mass is 32.1. The molecule has 0 fully saturated rings. The Kier molecular flexibility index (Phi) is 4.51. The van der Waals surface area contributed by atoms with Crippen LogP contribution in [0.3, 0.4) is 0 Å². The molecule has 1 rings (SSSR count). The van der Waals surface area contributed by atoms with Gasteiger partial charge in [0.15, 0.2) is 0 Å². The summed E-state index contributed by atoms with van der Waals surface area (Å²) >= 11 is 1.67. The molecule has 0 bridgehead atoms. The Morgan fingerprint density at radius 3 is 2.33 bits per heavy atom. The molecule has 0 amide bonds. The quantitative estimate of drug-likeness (QED) is 0.839. The molecule has 0 spiro atoms. The van der Waals surface area contributed by atoms with E-state index in [0.29, 0.717) is 17.9 Å². The molecule has 0 aliphatic heterocycles. The summed E-state index contributed by atoms with van der Waals surface area (Å²) in [7, 11) is 0. The maximum atomic E-state index is 4.17. The maximum Gasteiger partial charge on any atom is 0.205 e. The van der Waals surface area contributed by atoms with Gasteiger partial charge in [0.2, 0.25) is 5.13 Å². The SMILES string of the molecule is CC(C)Cc1nnc(NC(C)C(C)C)s1. The molecule has 0 saturated heterocycles. The average Bonchev–Trinajstić information content (AvgIpc) is 2.51. The molecule has 4 heteroatoms. The normalized spacial score (nSPS) is 13.5. The van der Waals surface area contributed by atoms with Crippen LogP contribution in [0, 0.1) is 11.8 Å². The molecule has 0 saturated carbocycles. The Morgan fingerprint density at radius 2 is 1.80 bits per heavy atom. The van der Waals surface area contributed by atoms with Crippen LogP contribution in [0.25, 0.3) is 0 Å². The number of nitrogens with one attached hydrogen (secondary N) is 1. The van der Waals surface area contributed by atoms with Gasteiger partial charge in [-0.3, -0.25) is 0 Å². The number of rotatable bonds is 5. The third-order valence-electron chi connectivity index (χ3n) is 2.40. The molecule has 0 aliphatic rings. The Labute approximate surface area is 96.3 Å². The van der Waals surface area contributed by atoms with Gasteiger partial charge in [-0.15, -0.1) is 10.2 Å². The zero-order valence-electron chi connectivity index (χ0n) is 10.2. The fourth-order valence-electron chi connectivity index (χ4n) is 1.11. The predicted molar refractivity (Wildman–Crippen MR) is 66.4 cm³/mol. The molecular weight excluding hydrogens is 206 g/mol. The third kappa shape index (κ3) is 4.16. The molecule has 86 valence electrons. The zero-order valence-corrected chi connectivity index (χ0v) is 11.1. The second kappa shape index (κ2) is 5.45. The third-order valence-corrected chi connectivity index (χ3v) is 3.28. The standard InChI is InChI=1S/C11H21N3S/c1-7(2)6-10-13-14-11(15-10)12-9(5)8(3)4/h7-9H,6H2,1-5H3,(H,12,14). The van der Waals surface area contributed by atoms with Crippen LogP contribution in [0.15, 0.2) is 0 Å². The summed E-state index contributed by atoms with van der Waals surface area (Å²) < 4.78 is 0. The van der Waals surface area contributed by atoms with Crippen molar-refractivity contribution >= 4 is 16.5 Å². The van der Waals surface area contributed by atoms with Crippen LogP contribution in [-0.4, -0.2) is 16.2 Å². The van der Waals surface area contributed by atoms with Crippen molar-refractivity contribution in [1.82, 2.24) is 10.2 Å². The zero-order chi connectivity index (χ0) is 11.4. The Hall–Kier alpha value is -0.640. The molecule has 0 aromatic carbocycles. The molecule has 1 unspecified atom stereocenters. The van der Waals surface area contributed by atoms with E-state index in [2.05, 4.69) is 50.1 Å². The molecule has 1 aromatic rings. The van der Waals surface area contributed by atoms with Crippen molar-refractivity contribution in [1.29, 1.82) is 0 Å². The molecule has 1 aromatic heterocycles. The van der Waals surface area contributed by atoms with Gasteiger partial charge in [-0.25, -0.2) is 0 Å².